The van der Waals surface area contributed by atoms with Gasteiger partial charge >= 0.3 is 5.97 Å². The molecule has 128 valence electrons. The van der Waals surface area contributed by atoms with Gasteiger partial charge in [-0.3, -0.25) is 9.78 Å². The van der Waals surface area contributed by atoms with Gasteiger partial charge in [0.05, 0.1) is 17.2 Å². The van der Waals surface area contributed by atoms with Gasteiger partial charge in [-0.25, -0.2) is 8.42 Å². The van der Waals surface area contributed by atoms with Crippen LogP contribution in [0.4, 0.5) is 0 Å². The average Bonchev–Trinajstić information content (AvgIpc) is 2.54. The number of hydrogen-bond donors (Lipinski definition) is 1. The number of aliphatic carboxylic acids is 1. The van der Waals surface area contributed by atoms with E-state index in [1.165, 1.54) is 4.31 Å². The average molecular weight is 348 g/mol. The smallest absolute Gasteiger partial charge is 0.308 e. The Morgan fingerprint density at radius 3 is 2.83 bits per heavy atom. The van der Waals surface area contributed by atoms with Gasteiger partial charge < -0.3 is 5.11 Å². The zero-order chi connectivity index (χ0) is 17.3. The lowest BCUT2D eigenvalue weighted by atomic mass is 9.92. The van der Waals surface area contributed by atoms with Gasteiger partial charge in [0, 0.05) is 24.2 Å². The predicted octanol–water partition coefficient (Wildman–Crippen LogP) is 2.25. The van der Waals surface area contributed by atoms with Gasteiger partial charge in [-0.2, -0.15) is 4.31 Å². The van der Waals surface area contributed by atoms with E-state index in [9.17, 15) is 18.3 Å². The standard InChI is InChI=1S/C17H20N2O4S/c1-12-15(17(20)21)8-4-10-19(12)24(22,23)11-14-6-2-5-13-7-3-9-18-16(13)14/h2-3,5-7,9,12,15H,4,8,10-11H2,1H3,(H,20,21)/t12-,15-/m1/s1. The Morgan fingerprint density at radius 1 is 1.33 bits per heavy atom. The maximum atomic E-state index is 12.9. The van der Waals surface area contributed by atoms with Crippen molar-refractivity contribution >= 4 is 26.9 Å². The summed E-state index contributed by atoms with van der Waals surface area (Å²) >= 11 is 0. The van der Waals surface area contributed by atoms with Gasteiger partial charge in [-0.15, -0.1) is 0 Å². The molecule has 0 spiro atoms. The highest BCUT2D eigenvalue weighted by molar-refractivity contribution is 7.88. The number of nitrogens with zero attached hydrogens (tertiary/aromatic N) is 2. The molecule has 1 aromatic heterocycles. The third kappa shape index (κ3) is 3.14. The second-order valence-electron chi connectivity index (χ2n) is 6.19. The second-order valence-corrected chi connectivity index (χ2v) is 8.11. The van der Waals surface area contributed by atoms with Crippen molar-refractivity contribution in [3.05, 3.63) is 42.1 Å². The molecule has 0 bridgehead atoms. The number of carboxylic acid groups (broad SMARTS) is 1. The number of carboxylic acids is 1. The fourth-order valence-corrected chi connectivity index (χ4v) is 5.25. The quantitative estimate of drug-likeness (QED) is 0.915. The first-order valence-electron chi connectivity index (χ1n) is 7.95. The summed E-state index contributed by atoms with van der Waals surface area (Å²) in [6, 6.07) is 8.63. The van der Waals surface area contributed by atoms with Gasteiger partial charge in [-0.1, -0.05) is 24.3 Å². The maximum absolute atomic E-state index is 12.9. The number of para-hydroxylation sites is 1. The predicted molar refractivity (Wildman–Crippen MR) is 90.9 cm³/mol. The summed E-state index contributed by atoms with van der Waals surface area (Å²) in [7, 11) is -3.61. The Bertz CT molecular complexity index is 861. The topological polar surface area (TPSA) is 87.6 Å². The van der Waals surface area contributed by atoms with Gasteiger partial charge in [0.15, 0.2) is 0 Å². The van der Waals surface area contributed by atoms with Crippen molar-refractivity contribution in [2.45, 2.75) is 31.6 Å². The molecule has 0 saturated carbocycles. The molecule has 0 unspecified atom stereocenters. The van der Waals surface area contributed by atoms with Crippen molar-refractivity contribution in [3.63, 3.8) is 0 Å². The molecule has 2 atom stereocenters. The van der Waals surface area contributed by atoms with E-state index in [0.29, 0.717) is 30.5 Å². The van der Waals surface area contributed by atoms with Crippen LogP contribution >= 0.6 is 0 Å². The van der Waals surface area contributed by atoms with Crippen molar-refractivity contribution in [1.29, 1.82) is 0 Å². The minimum absolute atomic E-state index is 0.169. The minimum atomic E-state index is -3.61. The number of aromatic nitrogens is 1. The lowest BCUT2D eigenvalue weighted by Crippen LogP contribution is -2.49. The minimum Gasteiger partial charge on any atom is -0.481 e. The zero-order valence-electron chi connectivity index (χ0n) is 13.4. The number of sulfonamides is 1. The summed E-state index contributed by atoms with van der Waals surface area (Å²) in [6.45, 7) is 2.04. The van der Waals surface area contributed by atoms with Crippen LogP contribution < -0.4 is 0 Å². The Balaban J connectivity index is 1.92. The molecule has 1 fully saturated rings. The van der Waals surface area contributed by atoms with Crippen molar-refractivity contribution in [2.24, 2.45) is 5.92 Å². The molecule has 6 nitrogen and oxygen atoms in total. The summed E-state index contributed by atoms with van der Waals surface area (Å²) in [4.78, 5) is 15.6. The fraction of sp³-hybridized carbons (Fsp3) is 0.412. The number of carbonyl (C=O) groups is 1. The normalized spacial score (nSPS) is 22.5. The van der Waals surface area contributed by atoms with E-state index in [-0.39, 0.29) is 5.75 Å². The van der Waals surface area contributed by atoms with Gasteiger partial charge in [-0.05, 0) is 31.4 Å². The monoisotopic (exact) mass is 348 g/mol. The molecule has 24 heavy (non-hydrogen) atoms. The lowest BCUT2D eigenvalue weighted by Gasteiger charge is -2.36. The van der Waals surface area contributed by atoms with Crippen molar-refractivity contribution in [1.82, 2.24) is 9.29 Å². The number of piperidine rings is 1. The van der Waals surface area contributed by atoms with Crippen molar-refractivity contribution in [2.75, 3.05) is 6.54 Å². The van der Waals surface area contributed by atoms with Gasteiger partial charge in [0.1, 0.15) is 0 Å². The van der Waals surface area contributed by atoms with Crippen molar-refractivity contribution < 1.29 is 18.3 Å². The molecule has 1 N–H and O–H groups in total. The van der Waals surface area contributed by atoms with E-state index in [2.05, 4.69) is 4.98 Å². The van der Waals surface area contributed by atoms with E-state index in [1.54, 1.807) is 19.2 Å². The van der Waals surface area contributed by atoms with Crippen LogP contribution in [0.15, 0.2) is 36.5 Å². The van der Waals surface area contributed by atoms with Gasteiger partial charge in [0.25, 0.3) is 0 Å². The van der Waals surface area contributed by atoms with E-state index in [4.69, 9.17) is 0 Å². The summed E-state index contributed by atoms with van der Waals surface area (Å²) in [5.41, 5.74) is 1.31. The molecule has 1 aliphatic rings. The Labute approximate surface area is 141 Å². The largest absolute Gasteiger partial charge is 0.481 e. The zero-order valence-corrected chi connectivity index (χ0v) is 14.2. The number of pyridine rings is 1. The molecule has 1 aliphatic heterocycles. The molecule has 2 heterocycles. The van der Waals surface area contributed by atoms with E-state index in [1.807, 2.05) is 24.3 Å². The molecular weight excluding hydrogens is 328 g/mol. The second kappa shape index (κ2) is 6.49. The maximum Gasteiger partial charge on any atom is 0.308 e. The van der Waals surface area contributed by atoms with Crippen LogP contribution in [-0.2, 0) is 20.6 Å². The number of benzene rings is 1. The van der Waals surface area contributed by atoms with Crippen LogP contribution in [0, 0.1) is 5.92 Å². The first kappa shape index (κ1) is 16.9. The van der Waals surface area contributed by atoms with Crippen molar-refractivity contribution in [3.8, 4) is 0 Å². The SMILES string of the molecule is C[C@@H]1[C@H](C(=O)O)CCCN1S(=O)(=O)Cc1cccc2cccnc12. The highest BCUT2D eigenvalue weighted by Crippen LogP contribution is 2.28. The first-order valence-corrected chi connectivity index (χ1v) is 9.56. The summed E-state index contributed by atoms with van der Waals surface area (Å²) in [5, 5.41) is 10.2. The van der Waals surface area contributed by atoms with Gasteiger partial charge in [0.2, 0.25) is 10.0 Å². The van der Waals surface area contributed by atoms with Crippen LogP contribution in [0.1, 0.15) is 25.3 Å². The molecule has 7 heteroatoms. The molecule has 0 radical (unpaired) electrons. The fourth-order valence-electron chi connectivity index (χ4n) is 3.40. The highest BCUT2D eigenvalue weighted by atomic mass is 32.2. The summed E-state index contributed by atoms with van der Waals surface area (Å²) in [5.74, 6) is -1.76. The molecular formula is C17H20N2O4S. The number of rotatable bonds is 4. The van der Waals surface area contributed by atoms with Crippen LogP contribution in [0.25, 0.3) is 10.9 Å². The Morgan fingerprint density at radius 2 is 2.08 bits per heavy atom. The molecule has 3 rings (SSSR count). The van der Waals surface area contributed by atoms with Crippen LogP contribution in [0.2, 0.25) is 0 Å². The summed E-state index contributed by atoms with van der Waals surface area (Å²) < 4.78 is 27.1. The third-order valence-electron chi connectivity index (χ3n) is 4.66. The van der Waals surface area contributed by atoms with Crippen LogP contribution in [-0.4, -0.2) is 41.4 Å². The van der Waals surface area contributed by atoms with Crippen LogP contribution in [0.5, 0.6) is 0 Å². The molecule has 0 aliphatic carbocycles. The first-order chi connectivity index (χ1) is 11.4. The molecule has 1 saturated heterocycles. The summed E-state index contributed by atoms with van der Waals surface area (Å²) in [6.07, 6.45) is 2.72. The lowest BCUT2D eigenvalue weighted by molar-refractivity contribution is -0.144. The van der Waals surface area contributed by atoms with E-state index in [0.717, 1.165) is 5.39 Å². The molecule has 0 amide bonds. The van der Waals surface area contributed by atoms with E-state index >= 15 is 0 Å². The Kier molecular flexibility index (Phi) is 4.56. The molecule has 2 aromatic rings. The number of hydrogen-bond acceptors (Lipinski definition) is 4. The van der Waals surface area contributed by atoms with Crippen LogP contribution in [0.3, 0.4) is 0 Å². The highest BCUT2D eigenvalue weighted by Gasteiger charge is 2.38. The number of fused-ring (bicyclic) bond motifs is 1. The third-order valence-corrected chi connectivity index (χ3v) is 6.56. The van der Waals surface area contributed by atoms with E-state index < -0.39 is 28.0 Å². The Hall–Kier alpha value is -1.99. The molecule has 1 aromatic carbocycles.